The molecule has 0 aliphatic carbocycles. The van der Waals surface area contributed by atoms with E-state index in [9.17, 15) is 9.59 Å². The minimum Gasteiger partial charge on any atom is -0.478 e. The van der Waals surface area contributed by atoms with Gasteiger partial charge in [-0.15, -0.1) is 12.4 Å². The van der Waals surface area contributed by atoms with E-state index >= 15 is 0 Å². The van der Waals surface area contributed by atoms with Gasteiger partial charge in [0.2, 0.25) is 0 Å². The Morgan fingerprint density at radius 3 is 2.28 bits per heavy atom. The summed E-state index contributed by atoms with van der Waals surface area (Å²) in [5.41, 5.74) is 0.517. The Bertz CT molecular complexity index is 569. The van der Waals surface area contributed by atoms with E-state index in [1.165, 1.54) is 18.5 Å². The van der Waals surface area contributed by atoms with Gasteiger partial charge >= 0.3 is 5.97 Å². The summed E-state index contributed by atoms with van der Waals surface area (Å²) < 4.78 is 0. The molecule has 0 spiro atoms. The number of halogens is 1. The Balaban J connectivity index is 0.00000162. The average Bonchev–Trinajstić information content (AvgIpc) is 2.39. The van der Waals surface area contributed by atoms with Crippen LogP contribution in [-0.4, -0.2) is 21.8 Å². The molecule has 2 rings (SSSR count). The van der Waals surface area contributed by atoms with E-state index in [1.807, 2.05) is 0 Å². The topological polar surface area (TPSA) is 67.3 Å². The summed E-state index contributed by atoms with van der Waals surface area (Å²) in [5, 5.41) is 8.98. The number of carbonyl (C=O) groups excluding carboxylic acids is 1. The highest BCUT2D eigenvalue weighted by atomic mass is 35.5. The summed E-state index contributed by atoms with van der Waals surface area (Å²) in [4.78, 5) is 26.8. The number of rotatable bonds is 3. The van der Waals surface area contributed by atoms with Crippen LogP contribution in [0.3, 0.4) is 0 Å². The zero-order valence-electron chi connectivity index (χ0n) is 9.24. The van der Waals surface area contributed by atoms with Gasteiger partial charge in [0.15, 0.2) is 5.78 Å². The second kappa shape index (κ2) is 5.93. The maximum Gasteiger partial charge on any atom is 0.336 e. The van der Waals surface area contributed by atoms with Crippen molar-refractivity contribution in [2.24, 2.45) is 0 Å². The Labute approximate surface area is 110 Å². The van der Waals surface area contributed by atoms with Crippen LogP contribution in [0.4, 0.5) is 0 Å². The molecule has 0 atom stereocenters. The zero-order valence-corrected chi connectivity index (χ0v) is 10.1. The van der Waals surface area contributed by atoms with Crippen LogP contribution in [0.25, 0.3) is 0 Å². The van der Waals surface area contributed by atoms with E-state index in [0.29, 0.717) is 5.56 Å². The summed E-state index contributed by atoms with van der Waals surface area (Å²) in [7, 11) is 0. The number of aromatic nitrogens is 1. The van der Waals surface area contributed by atoms with E-state index in [0.717, 1.165) is 0 Å². The molecule has 2 aromatic rings. The molecular formula is C13H10ClNO3. The number of carboxylic acid groups (broad SMARTS) is 1. The molecule has 0 unspecified atom stereocenters. The van der Waals surface area contributed by atoms with Crippen molar-refractivity contribution in [3.63, 3.8) is 0 Å². The molecule has 18 heavy (non-hydrogen) atoms. The van der Waals surface area contributed by atoms with Gasteiger partial charge in [0.05, 0.1) is 11.1 Å². The average molecular weight is 264 g/mol. The first-order valence-corrected chi connectivity index (χ1v) is 4.97. The monoisotopic (exact) mass is 263 g/mol. The molecule has 0 fully saturated rings. The van der Waals surface area contributed by atoms with E-state index in [4.69, 9.17) is 5.11 Å². The number of carbonyl (C=O) groups is 2. The molecule has 0 radical (unpaired) electrons. The fourth-order valence-corrected chi connectivity index (χ4v) is 1.51. The molecule has 0 amide bonds. The predicted octanol–water partition coefficient (Wildman–Crippen LogP) is 2.43. The third-order valence-electron chi connectivity index (χ3n) is 2.33. The van der Waals surface area contributed by atoms with E-state index < -0.39 is 5.97 Å². The largest absolute Gasteiger partial charge is 0.478 e. The smallest absolute Gasteiger partial charge is 0.336 e. The molecule has 5 heteroatoms. The van der Waals surface area contributed by atoms with Crippen LogP contribution in [-0.2, 0) is 0 Å². The second-order valence-corrected chi connectivity index (χ2v) is 3.42. The Kier molecular flexibility index (Phi) is 4.57. The normalized spacial score (nSPS) is 9.33. The third-order valence-corrected chi connectivity index (χ3v) is 2.33. The summed E-state index contributed by atoms with van der Waals surface area (Å²) in [5.74, 6) is -1.47. The van der Waals surface area contributed by atoms with Gasteiger partial charge in [-0.05, 0) is 6.07 Å². The zero-order chi connectivity index (χ0) is 12.3. The molecule has 1 aromatic heterocycles. The SMILES string of the molecule is Cl.O=C(O)c1ccncc1C(=O)c1ccccc1. The lowest BCUT2D eigenvalue weighted by atomic mass is 10.0. The fraction of sp³-hybridized carbons (Fsp3) is 0. The van der Waals surface area contributed by atoms with Gasteiger partial charge < -0.3 is 5.11 Å². The van der Waals surface area contributed by atoms with Gasteiger partial charge in [0.1, 0.15) is 0 Å². The maximum absolute atomic E-state index is 12.1. The highest BCUT2D eigenvalue weighted by Crippen LogP contribution is 2.13. The minimum absolute atomic E-state index is 0. The lowest BCUT2D eigenvalue weighted by Crippen LogP contribution is -2.10. The number of benzene rings is 1. The standard InChI is InChI=1S/C13H9NO3.ClH/c15-12(9-4-2-1-3-5-9)11-8-14-7-6-10(11)13(16)17;/h1-8H,(H,16,17);1H. The van der Waals surface area contributed by atoms with Crippen LogP contribution >= 0.6 is 12.4 Å². The van der Waals surface area contributed by atoms with Crippen molar-refractivity contribution < 1.29 is 14.7 Å². The van der Waals surface area contributed by atoms with Crippen molar-refractivity contribution in [1.29, 1.82) is 0 Å². The first-order chi connectivity index (χ1) is 8.20. The second-order valence-electron chi connectivity index (χ2n) is 3.42. The minimum atomic E-state index is -1.13. The fourth-order valence-electron chi connectivity index (χ4n) is 1.51. The van der Waals surface area contributed by atoms with Crippen molar-refractivity contribution in [2.45, 2.75) is 0 Å². The number of carboxylic acids is 1. The summed E-state index contributed by atoms with van der Waals surface area (Å²) in [6.45, 7) is 0. The molecule has 0 saturated heterocycles. The van der Waals surface area contributed by atoms with Gasteiger partial charge in [-0.25, -0.2) is 4.79 Å². The van der Waals surface area contributed by atoms with Crippen LogP contribution in [0.5, 0.6) is 0 Å². The van der Waals surface area contributed by atoms with Crippen LogP contribution in [0.15, 0.2) is 48.8 Å². The lowest BCUT2D eigenvalue weighted by molar-refractivity contribution is 0.0692. The van der Waals surface area contributed by atoms with Crippen molar-refractivity contribution in [3.8, 4) is 0 Å². The summed E-state index contributed by atoms with van der Waals surface area (Å²) in [6.07, 6.45) is 2.63. The molecule has 1 aromatic carbocycles. The number of ketones is 1. The molecule has 1 heterocycles. The van der Waals surface area contributed by atoms with Crippen molar-refractivity contribution in [2.75, 3.05) is 0 Å². The van der Waals surface area contributed by atoms with Crippen LogP contribution in [0, 0.1) is 0 Å². The van der Waals surface area contributed by atoms with Gasteiger partial charge in [-0.1, -0.05) is 30.3 Å². The number of pyridine rings is 1. The molecule has 1 N–H and O–H groups in total. The molecule has 92 valence electrons. The number of hydrogen-bond acceptors (Lipinski definition) is 3. The Hall–Kier alpha value is -2.20. The van der Waals surface area contributed by atoms with Crippen LogP contribution in [0.1, 0.15) is 26.3 Å². The van der Waals surface area contributed by atoms with Crippen molar-refractivity contribution in [1.82, 2.24) is 4.98 Å². The van der Waals surface area contributed by atoms with Gasteiger partial charge in [0, 0.05) is 18.0 Å². The molecular weight excluding hydrogens is 254 g/mol. The van der Waals surface area contributed by atoms with Crippen molar-refractivity contribution >= 4 is 24.2 Å². The number of aromatic carboxylic acids is 1. The van der Waals surface area contributed by atoms with Crippen LogP contribution in [0.2, 0.25) is 0 Å². The molecule has 0 aliphatic heterocycles. The van der Waals surface area contributed by atoms with Crippen LogP contribution < -0.4 is 0 Å². The van der Waals surface area contributed by atoms with E-state index in [2.05, 4.69) is 4.98 Å². The summed E-state index contributed by atoms with van der Waals surface area (Å²) in [6, 6.07) is 9.84. The molecule has 4 nitrogen and oxygen atoms in total. The predicted molar refractivity (Wildman–Crippen MR) is 68.3 cm³/mol. The lowest BCUT2D eigenvalue weighted by Gasteiger charge is -2.03. The highest BCUT2D eigenvalue weighted by molar-refractivity contribution is 6.13. The Morgan fingerprint density at radius 2 is 1.67 bits per heavy atom. The highest BCUT2D eigenvalue weighted by Gasteiger charge is 2.17. The number of nitrogens with zero attached hydrogens (tertiary/aromatic N) is 1. The first kappa shape index (κ1) is 13.9. The first-order valence-electron chi connectivity index (χ1n) is 4.97. The van der Waals surface area contributed by atoms with Gasteiger partial charge in [-0.3, -0.25) is 9.78 Å². The number of hydrogen-bond donors (Lipinski definition) is 1. The molecule has 0 saturated carbocycles. The van der Waals surface area contributed by atoms with Gasteiger partial charge in [0.25, 0.3) is 0 Å². The van der Waals surface area contributed by atoms with Crippen molar-refractivity contribution in [3.05, 3.63) is 65.5 Å². The third kappa shape index (κ3) is 2.73. The molecule has 0 aliphatic rings. The summed E-state index contributed by atoms with van der Waals surface area (Å²) >= 11 is 0. The molecule has 0 bridgehead atoms. The van der Waals surface area contributed by atoms with Gasteiger partial charge in [-0.2, -0.15) is 0 Å². The van der Waals surface area contributed by atoms with E-state index in [-0.39, 0.29) is 29.3 Å². The Morgan fingerprint density at radius 1 is 1.00 bits per heavy atom. The maximum atomic E-state index is 12.1. The quantitative estimate of drug-likeness (QED) is 0.864. The van der Waals surface area contributed by atoms with E-state index in [1.54, 1.807) is 30.3 Å².